The number of para-hydroxylation sites is 1. The molecule has 6 nitrogen and oxygen atoms in total. The quantitative estimate of drug-likeness (QED) is 0.237. The first kappa shape index (κ1) is 15.5. The van der Waals surface area contributed by atoms with Crippen molar-refractivity contribution in [2.75, 3.05) is 6.73 Å². The topological polar surface area (TPSA) is 78.9 Å². The van der Waals surface area contributed by atoms with Crippen molar-refractivity contribution in [1.29, 1.82) is 0 Å². The van der Waals surface area contributed by atoms with Crippen LogP contribution in [0.3, 0.4) is 0 Å². The third kappa shape index (κ3) is 3.34. The summed E-state index contributed by atoms with van der Waals surface area (Å²) in [5.74, 6) is -0.524. The zero-order chi connectivity index (χ0) is 16.8. The number of carbonyl (C=O) groups excluding carboxylic acids is 1. The van der Waals surface area contributed by atoms with E-state index in [9.17, 15) is 4.79 Å². The molecule has 2 aromatic carbocycles. The Labute approximate surface area is 138 Å². The summed E-state index contributed by atoms with van der Waals surface area (Å²) in [6.45, 7) is 0.210. The van der Waals surface area contributed by atoms with Crippen molar-refractivity contribution in [2.45, 2.75) is 6.54 Å². The second-order valence-electron chi connectivity index (χ2n) is 5.14. The van der Waals surface area contributed by atoms with Crippen LogP contribution < -0.4 is 4.57 Å². The van der Waals surface area contributed by atoms with Crippen LogP contribution in [0.1, 0.15) is 16.1 Å². The number of rotatable bonds is 5. The first-order chi connectivity index (χ1) is 11.8. The van der Waals surface area contributed by atoms with E-state index in [1.165, 1.54) is 0 Å². The molecule has 0 spiro atoms. The summed E-state index contributed by atoms with van der Waals surface area (Å²) in [4.78, 5) is 14.9. The Morgan fingerprint density at radius 3 is 2.58 bits per heavy atom. The molecule has 1 aromatic heterocycles. The maximum atomic E-state index is 12.3. The average Bonchev–Trinajstić information content (AvgIpc) is 2.63. The van der Waals surface area contributed by atoms with Crippen LogP contribution in [0.5, 0.6) is 0 Å². The van der Waals surface area contributed by atoms with Crippen molar-refractivity contribution in [3.8, 4) is 0 Å². The van der Waals surface area contributed by atoms with Crippen LogP contribution >= 0.6 is 0 Å². The van der Waals surface area contributed by atoms with Crippen LogP contribution in [0.2, 0.25) is 0 Å². The summed E-state index contributed by atoms with van der Waals surface area (Å²) in [6, 6.07) is 21.3. The van der Waals surface area contributed by atoms with Gasteiger partial charge in [0.1, 0.15) is 0 Å². The second-order valence-corrected chi connectivity index (χ2v) is 5.14. The van der Waals surface area contributed by atoms with Crippen LogP contribution in [-0.4, -0.2) is 12.7 Å². The monoisotopic (exact) mass is 319 g/mol. The van der Waals surface area contributed by atoms with E-state index in [1.807, 2.05) is 65.2 Å². The molecule has 0 N–H and O–H groups in total. The lowest BCUT2D eigenvalue weighted by molar-refractivity contribution is -0.665. The standard InChI is InChI=1S/C18H15N4O2/c19-21-20-13-24-18(23)17-11-10-15-8-4-5-9-16(15)22(17)12-14-6-2-1-3-7-14/h1-11H,12-13H2/q+1. The Bertz CT molecular complexity index is 919. The van der Waals surface area contributed by atoms with Crippen molar-refractivity contribution < 1.29 is 14.1 Å². The molecule has 3 aromatic rings. The molecular formula is C18H15N4O2+. The number of benzene rings is 2. The van der Waals surface area contributed by atoms with Crippen LogP contribution in [0, 0.1) is 0 Å². The molecule has 118 valence electrons. The third-order valence-corrected chi connectivity index (χ3v) is 3.65. The molecule has 6 heteroatoms. The van der Waals surface area contributed by atoms with Crippen LogP contribution in [0.4, 0.5) is 0 Å². The normalized spacial score (nSPS) is 10.2. The molecular weight excluding hydrogens is 304 g/mol. The number of ether oxygens (including phenoxy) is 1. The van der Waals surface area contributed by atoms with Crippen LogP contribution in [0.15, 0.2) is 71.8 Å². The molecule has 24 heavy (non-hydrogen) atoms. The smallest absolute Gasteiger partial charge is 0.403 e. The van der Waals surface area contributed by atoms with E-state index in [1.54, 1.807) is 6.07 Å². The van der Waals surface area contributed by atoms with Crippen molar-refractivity contribution in [3.05, 3.63) is 88.4 Å². The lowest BCUT2D eigenvalue weighted by Crippen LogP contribution is -2.42. The minimum absolute atomic E-state index is 0.326. The third-order valence-electron chi connectivity index (χ3n) is 3.65. The average molecular weight is 319 g/mol. The van der Waals surface area contributed by atoms with Crippen molar-refractivity contribution in [2.24, 2.45) is 5.11 Å². The maximum absolute atomic E-state index is 12.3. The Kier molecular flexibility index (Phi) is 4.70. The molecule has 0 aliphatic rings. The minimum atomic E-state index is -0.524. The van der Waals surface area contributed by atoms with Gasteiger partial charge in [0.2, 0.25) is 5.52 Å². The van der Waals surface area contributed by atoms with E-state index in [4.69, 9.17) is 10.3 Å². The van der Waals surface area contributed by atoms with Gasteiger partial charge in [0, 0.05) is 28.0 Å². The highest BCUT2D eigenvalue weighted by molar-refractivity contribution is 5.88. The van der Waals surface area contributed by atoms with Gasteiger partial charge in [0.05, 0.1) is 0 Å². The Balaban J connectivity index is 2.05. The lowest BCUT2D eigenvalue weighted by atomic mass is 10.1. The molecule has 0 atom stereocenters. The first-order valence-electron chi connectivity index (χ1n) is 7.43. The van der Waals surface area contributed by atoms with Gasteiger partial charge in [-0.05, 0) is 17.7 Å². The fourth-order valence-electron chi connectivity index (χ4n) is 2.56. The molecule has 0 unspecified atom stereocenters. The van der Waals surface area contributed by atoms with E-state index in [-0.39, 0.29) is 6.73 Å². The van der Waals surface area contributed by atoms with Crippen molar-refractivity contribution in [3.63, 3.8) is 0 Å². The van der Waals surface area contributed by atoms with E-state index in [0.29, 0.717) is 12.2 Å². The number of hydrogen-bond acceptors (Lipinski definition) is 3. The lowest BCUT2D eigenvalue weighted by Gasteiger charge is -2.07. The molecule has 0 aliphatic carbocycles. The minimum Gasteiger partial charge on any atom is -0.452 e. The fourth-order valence-corrected chi connectivity index (χ4v) is 2.56. The first-order valence-corrected chi connectivity index (χ1v) is 7.43. The zero-order valence-electron chi connectivity index (χ0n) is 12.9. The van der Waals surface area contributed by atoms with Crippen molar-refractivity contribution >= 4 is 16.9 Å². The van der Waals surface area contributed by atoms with Gasteiger partial charge in [0.15, 0.2) is 13.3 Å². The Hall–Kier alpha value is -3.37. The zero-order valence-corrected chi connectivity index (χ0v) is 12.9. The molecule has 3 rings (SSSR count). The molecule has 0 aliphatic heterocycles. The van der Waals surface area contributed by atoms with Gasteiger partial charge in [-0.1, -0.05) is 47.6 Å². The van der Waals surface area contributed by atoms with E-state index in [0.717, 1.165) is 16.5 Å². The predicted molar refractivity (Wildman–Crippen MR) is 89.1 cm³/mol. The van der Waals surface area contributed by atoms with Gasteiger partial charge < -0.3 is 4.74 Å². The molecule has 0 radical (unpaired) electrons. The number of fused-ring (bicyclic) bond motifs is 1. The Morgan fingerprint density at radius 2 is 1.79 bits per heavy atom. The predicted octanol–water partition coefficient (Wildman–Crippen LogP) is 3.60. The number of aromatic nitrogens is 1. The van der Waals surface area contributed by atoms with Gasteiger partial charge >= 0.3 is 5.97 Å². The Morgan fingerprint density at radius 1 is 1.04 bits per heavy atom. The highest BCUT2D eigenvalue weighted by Crippen LogP contribution is 2.12. The molecule has 1 heterocycles. The number of pyridine rings is 1. The van der Waals surface area contributed by atoms with Gasteiger partial charge in [-0.3, -0.25) is 0 Å². The summed E-state index contributed by atoms with van der Waals surface area (Å²) in [6.07, 6.45) is 0. The molecule has 0 amide bonds. The summed E-state index contributed by atoms with van der Waals surface area (Å²) in [7, 11) is 0. The molecule has 0 bridgehead atoms. The number of nitrogens with zero attached hydrogens (tertiary/aromatic N) is 4. The highest BCUT2D eigenvalue weighted by atomic mass is 16.5. The van der Waals surface area contributed by atoms with E-state index < -0.39 is 5.97 Å². The van der Waals surface area contributed by atoms with Crippen molar-refractivity contribution in [1.82, 2.24) is 0 Å². The van der Waals surface area contributed by atoms with E-state index in [2.05, 4.69) is 10.0 Å². The second kappa shape index (κ2) is 7.26. The molecule has 0 saturated carbocycles. The largest absolute Gasteiger partial charge is 0.452 e. The van der Waals surface area contributed by atoms with Gasteiger partial charge in [-0.25, -0.2) is 4.79 Å². The van der Waals surface area contributed by atoms with Gasteiger partial charge in [-0.2, -0.15) is 4.57 Å². The van der Waals surface area contributed by atoms with Gasteiger partial charge in [-0.15, -0.1) is 0 Å². The fraction of sp³-hybridized carbons (Fsp3) is 0.111. The molecule has 0 saturated heterocycles. The van der Waals surface area contributed by atoms with Crippen LogP contribution in [-0.2, 0) is 11.3 Å². The number of azide groups is 1. The summed E-state index contributed by atoms with van der Waals surface area (Å²) >= 11 is 0. The number of carbonyl (C=O) groups is 1. The van der Waals surface area contributed by atoms with Crippen LogP contribution in [0.25, 0.3) is 21.3 Å². The number of hydrogen-bond donors (Lipinski definition) is 0. The van der Waals surface area contributed by atoms with E-state index >= 15 is 0 Å². The highest BCUT2D eigenvalue weighted by Gasteiger charge is 2.23. The summed E-state index contributed by atoms with van der Waals surface area (Å²) in [5.41, 5.74) is 10.7. The molecule has 0 fully saturated rings. The SMILES string of the molecule is [N-]=[N+]=NCOC(=O)c1ccc2ccccc2[n+]1Cc1ccccc1. The maximum Gasteiger partial charge on any atom is 0.403 e. The van der Waals surface area contributed by atoms with Gasteiger partial charge in [0.25, 0.3) is 5.69 Å². The summed E-state index contributed by atoms with van der Waals surface area (Å²) in [5, 5.41) is 4.27. The summed E-state index contributed by atoms with van der Waals surface area (Å²) < 4.78 is 6.92. The number of esters is 1.